The standard InChI is InChI=1S/C12H9ClFNO/c1-16-9-4-5-15-12(7-9)8-2-3-10(13)11(14)6-8/h2-7H,1H3. The van der Waals surface area contributed by atoms with Gasteiger partial charge in [-0.05, 0) is 18.2 Å². The van der Waals surface area contributed by atoms with Crippen LogP contribution in [-0.2, 0) is 0 Å². The Bertz CT molecular complexity index is 516. The molecule has 1 aromatic carbocycles. The summed E-state index contributed by atoms with van der Waals surface area (Å²) in [5.41, 5.74) is 1.32. The summed E-state index contributed by atoms with van der Waals surface area (Å²) in [6.07, 6.45) is 1.61. The molecule has 2 rings (SSSR count). The summed E-state index contributed by atoms with van der Waals surface area (Å²) in [6.45, 7) is 0. The summed E-state index contributed by atoms with van der Waals surface area (Å²) in [7, 11) is 1.57. The van der Waals surface area contributed by atoms with Crippen LogP contribution in [0.25, 0.3) is 11.3 Å². The Kier molecular flexibility index (Phi) is 3.06. The van der Waals surface area contributed by atoms with Crippen molar-refractivity contribution in [1.29, 1.82) is 0 Å². The lowest BCUT2D eigenvalue weighted by Gasteiger charge is -2.04. The van der Waals surface area contributed by atoms with Crippen molar-refractivity contribution < 1.29 is 9.13 Å². The zero-order valence-electron chi connectivity index (χ0n) is 8.58. The highest BCUT2D eigenvalue weighted by atomic mass is 35.5. The number of hydrogen-bond acceptors (Lipinski definition) is 2. The number of methoxy groups -OCH3 is 1. The molecule has 0 saturated carbocycles. The van der Waals surface area contributed by atoms with E-state index in [4.69, 9.17) is 16.3 Å². The van der Waals surface area contributed by atoms with E-state index in [2.05, 4.69) is 4.98 Å². The van der Waals surface area contributed by atoms with Crippen LogP contribution in [0.3, 0.4) is 0 Å². The van der Waals surface area contributed by atoms with Gasteiger partial charge in [-0.2, -0.15) is 0 Å². The normalized spacial score (nSPS) is 10.2. The monoisotopic (exact) mass is 237 g/mol. The molecule has 16 heavy (non-hydrogen) atoms. The maximum atomic E-state index is 13.3. The van der Waals surface area contributed by atoms with Crippen LogP contribution in [-0.4, -0.2) is 12.1 Å². The van der Waals surface area contributed by atoms with Gasteiger partial charge in [0.05, 0.1) is 17.8 Å². The average Bonchev–Trinajstić information content (AvgIpc) is 2.33. The quantitative estimate of drug-likeness (QED) is 0.797. The highest BCUT2D eigenvalue weighted by Crippen LogP contribution is 2.24. The topological polar surface area (TPSA) is 22.1 Å². The molecule has 0 aliphatic carbocycles. The molecule has 0 saturated heterocycles. The SMILES string of the molecule is COc1ccnc(-c2ccc(Cl)c(F)c2)c1. The van der Waals surface area contributed by atoms with E-state index in [9.17, 15) is 4.39 Å². The molecule has 2 aromatic rings. The highest BCUT2D eigenvalue weighted by molar-refractivity contribution is 6.30. The lowest BCUT2D eigenvalue weighted by atomic mass is 10.1. The van der Waals surface area contributed by atoms with Crippen LogP contribution < -0.4 is 4.74 Å². The number of rotatable bonds is 2. The van der Waals surface area contributed by atoms with Crippen molar-refractivity contribution in [3.8, 4) is 17.0 Å². The fourth-order valence-electron chi connectivity index (χ4n) is 1.35. The van der Waals surface area contributed by atoms with Crippen molar-refractivity contribution in [2.45, 2.75) is 0 Å². The number of halogens is 2. The lowest BCUT2D eigenvalue weighted by molar-refractivity contribution is 0.414. The molecule has 1 aromatic heterocycles. The number of nitrogens with zero attached hydrogens (tertiary/aromatic N) is 1. The van der Waals surface area contributed by atoms with E-state index in [-0.39, 0.29) is 5.02 Å². The van der Waals surface area contributed by atoms with Gasteiger partial charge >= 0.3 is 0 Å². The minimum absolute atomic E-state index is 0.103. The third-order valence-corrected chi connectivity index (χ3v) is 2.49. The van der Waals surface area contributed by atoms with Gasteiger partial charge in [0.15, 0.2) is 0 Å². The van der Waals surface area contributed by atoms with Crippen molar-refractivity contribution in [1.82, 2.24) is 4.98 Å². The Labute approximate surface area is 97.7 Å². The predicted molar refractivity (Wildman–Crippen MR) is 61.2 cm³/mol. The van der Waals surface area contributed by atoms with Gasteiger partial charge in [-0.3, -0.25) is 4.98 Å². The first-order valence-electron chi connectivity index (χ1n) is 4.66. The zero-order valence-corrected chi connectivity index (χ0v) is 9.33. The molecule has 82 valence electrons. The molecule has 0 bridgehead atoms. The van der Waals surface area contributed by atoms with E-state index in [1.165, 1.54) is 12.1 Å². The molecule has 0 aliphatic heterocycles. The van der Waals surface area contributed by atoms with E-state index in [1.807, 2.05) is 0 Å². The molecule has 0 amide bonds. The maximum Gasteiger partial charge on any atom is 0.142 e. The first-order chi connectivity index (χ1) is 7.70. The number of pyridine rings is 1. The summed E-state index contributed by atoms with van der Waals surface area (Å²) >= 11 is 5.61. The van der Waals surface area contributed by atoms with Crippen LogP contribution in [0, 0.1) is 5.82 Å². The van der Waals surface area contributed by atoms with Crippen LogP contribution in [0.1, 0.15) is 0 Å². The second kappa shape index (κ2) is 4.49. The Balaban J connectivity index is 2.46. The van der Waals surface area contributed by atoms with Crippen molar-refractivity contribution in [3.05, 3.63) is 47.4 Å². The number of ether oxygens (including phenoxy) is 1. The van der Waals surface area contributed by atoms with Gasteiger partial charge in [0.1, 0.15) is 11.6 Å². The summed E-state index contributed by atoms with van der Waals surface area (Å²) in [5, 5.41) is 0.103. The van der Waals surface area contributed by atoms with E-state index in [0.717, 1.165) is 0 Å². The van der Waals surface area contributed by atoms with Gasteiger partial charge in [0, 0.05) is 17.8 Å². The van der Waals surface area contributed by atoms with E-state index in [1.54, 1.807) is 31.5 Å². The largest absolute Gasteiger partial charge is 0.497 e. The van der Waals surface area contributed by atoms with Crippen molar-refractivity contribution in [3.63, 3.8) is 0 Å². The summed E-state index contributed by atoms with van der Waals surface area (Å²) in [5.74, 6) is 0.226. The number of aromatic nitrogens is 1. The molecule has 4 heteroatoms. The zero-order chi connectivity index (χ0) is 11.5. The molecule has 1 heterocycles. The Morgan fingerprint density at radius 2 is 2.06 bits per heavy atom. The van der Waals surface area contributed by atoms with Gasteiger partial charge in [0.25, 0.3) is 0 Å². The molecule has 0 radical (unpaired) electrons. The third-order valence-electron chi connectivity index (χ3n) is 2.18. The second-order valence-corrected chi connectivity index (χ2v) is 3.62. The Hall–Kier alpha value is -1.61. The molecule has 0 fully saturated rings. The fraction of sp³-hybridized carbons (Fsp3) is 0.0833. The number of hydrogen-bond donors (Lipinski definition) is 0. The van der Waals surface area contributed by atoms with Gasteiger partial charge < -0.3 is 4.74 Å². The first kappa shape index (κ1) is 10.9. The molecule has 0 aliphatic rings. The fourth-order valence-corrected chi connectivity index (χ4v) is 1.47. The molecule has 0 N–H and O–H groups in total. The minimum Gasteiger partial charge on any atom is -0.497 e. The van der Waals surface area contributed by atoms with Crippen molar-refractivity contribution in [2.75, 3.05) is 7.11 Å². The Morgan fingerprint density at radius 1 is 1.25 bits per heavy atom. The first-order valence-corrected chi connectivity index (χ1v) is 5.04. The van der Waals surface area contributed by atoms with Crippen LogP contribution in [0.2, 0.25) is 5.02 Å². The van der Waals surface area contributed by atoms with Crippen LogP contribution in [0.5, 0.6) is 5.75 Å². The highest BCUT2D eigenvalue weighted by Gasteiger charge is 2.05. The van der Waals surface area contributed by atoms with Crippen LogP contribution in [0.15, 0.2) is 36.5 Å². The molecule has 2 nitrogen and oxygen atoms in total. The van der Waals surface area contributed by atoms with E-state index in [0.29, 0.717) is 17.0 Å². The number of benzene rings is 1. The summed E-state index contributed by atoms with van der Waals surface area (Å²) in [4.78, 5) is 4.14. The van der Waals surface area contributed by atoms with Gasteiger partial charge in [0.2, 0.25) is 0 Å². The minimum atomic E-state index is -0.455. The third kappa shape index (κ3) is 2.14. The maximum absolute atomic E-state index is 13.3. The molecule has 0 unspecified atom stereocenters. The van der Waals surface area contributed by atoms with Gasteiger partial charge in [-0.15, -0.1) is 0 Å². The summed E-state index contributed by atoms with van der Waals surface area (Å²) in [6, 6.07) is 8.04. The van der Waals surface area contributed by atoms with Gasteiger partial charge in [-0.1, -0.05) is 17.7 Å². The molecule has 0 spiro atoms. The van der Waals surface area contributed by atoms with Crippen LogP contribution >= 0.6 is 11.6 Å². The predicted octanol–water partition coefficient (Wildman–Crippen LogP) is 3.55. The molecule has 0 atom stereocenters. The van der Waals surface area contributed by atoms with Crippen molar-refractivity contribution >= 4 is 11.6 Å². The summed E-state index contributed by atoms with van der Waals surface area (Å²) < 4.78 is 18.3. The molecular formula is C12H9ClFNO. The van der Waals surface area contributed by atoms with Gasteiger partial charge in [-0.25, -0.2) is 4.39 Å². The van der Waals surface area contributed by atoms with E-state index < -0.39 is 5.82 Å². The van der Waals surface area contributed by atoms with E-state index >= 15 is 0 Å². The smallest absolute Gasteiger partial charge is 0.142 e. The lowest BCUT2D eigenvalue weighted by Crippen LogP contribution is -1.88. The van der Waals surface area contributed by atoms with Crippen LogP contribution in [0.4, 0.5) is 4.39 Å². The second-order valence-electron chi connectivity index (χ2n) is 3.21. The van der Waals surface area contributed by atoms with Crippen molar-refractivity contribution in [2.24, 2.45) is 0 Å². The Morgan fingerprint density at radius 3 is 2.75 bits per heavy atom. The average molecular weight is 238 g/mol. The molecular weight excluding hydrogens is 229 g/mol.